The van der Waals surface area contributed by atoms with Crippen LogP contribution in [0.15, 0.2) is 30.3 Å². The summed E-state index contributed by atoms with van der Waals surface area (Å²) in [7, 11) is 0. The van der Waals surface area contributed by atoms with Gasteiger partial charge in [-0.2, -0.15) is 0 Å². The molecular formula is C16H27NO. The molecule has 1 rings (SSSR count). The van der Waals surface area contributed by atoms with Crippen LogP contribution in [0.25, 0.3) is 0 Å². The maximum absolute atomic E-state index is 10.6. The number of hydrogen-bond donors (Lipinski definition) is 1. The van der Waals surface area contributed by atoms with Gasteiger partial charge in [-0.3, -0.25) is 0 Å². The van der Waals surface area contributed by atoms with Crippen molar-refractivity contribution in [2.75, 3.05) is 19.6 Å². The molecule has 2 unspecified atom stereocenters. The molecule has 0 aliphatic rings. The fraction of sp³-hybridized carbons (Fsp3) is 0.625. The Balaban J connectivity index is 2.68. The van der Waals surface area contributed by atoms with Crippen LogP contribution in [0.5, 0.6) is 0 Å². The summed E-state index contributed by atoms with van der Waals surface area (Å²) in [6, 6.07) is 9.94. The molecule has 0 aliphatic carbocycles. The quantitative estimate of drug-likeness (QED) is 0.801. The van der Waals surface area contributed by atoms with E-state index in [9.17, 15) is 5.11 Å². The van der Waals surface area contributed by atoms with Crippen LogP contribution in [-0.2, 0) is 5.60 Å². The van der Waals surface area contributed by atoms with Gasteiger partial charge in [0.25, 0.3) is 0 Å². The minimum atomic E-state index is -0.773. The third-order valence-corrected chi connectivity index (χ3v) is 3.64. The molecule has 1 aromatic rings. The van der Waals surface area contributed by atoms with Crippen molar-refractivity contribution in [2.24, 2.45) is 5.92 Å². The second-order valence-electron chi connectivity index (χ2n) is 5.48. The lowest BCUT2D eigenvalue weighted by molar-refractivity contribution is 0.0135. The fourth-order valence-electron chi connectivity index (χ4n) is 2.20. The Labute approximate surface area is 112 Å². The van der Waals surface area contributed by atoms with E-state index in [0.717, 1.165) is 18.7 Å². The zero-order valence-electron chi connectivity index (χ0n) is 12.2. The van der Waals surface area contributed by atoms with Gasteiger partial charge in [-0.25, -0.2) is 0 Å². The highest BCUT2D eigenvalue weighted by Crippen LogP contribution is 2.22. The number of aliphatic hydroxyl groups is 1. The molecule has 0 saturated carbocycles. The highest BCUT2D eigenvalue weighted by atomic mass is 16.3. The molecule has 1 N–H and O–H groups in total. The zero-order valence-corrected chi connectivity index (χ0v) is 12.2. The minimum absolute atomic E-state index is 0.677. The van der Waals surface area contributed by atoms with Gasteiger partial charge in [0.2, 0.25) is 0 Å². The van der Waals surface area contributed by atoms with Crippen LogP contribution in [0, 0.1) is 5.92 Å². The van der Waals surface area contributed by atoms with E-state index >= 15 is 0 Å². The molecule has 0 fully saturated rings. The summed E-state index contributed by atoms with van der Waals surface area (Å²) >= 11 is 0. The van der Waals surface area contributed by atoms with Crippen LogP contribution in [-0.4, -0.2) is 29.6 Å². The van der Waals surface area contributed by atoms with E-state index in [0.29, 0.717) is 12.5 Å². The third kappa shape index (κ3) is 4.43. The molecule has 0 saturated heterocycles. The maximum atomic E-state index is 10.6. The normalized spacial score (nSPS) is 16.6. The Hall–Kier alpha value is -0.860. The highest BCUT2D eigenvalue weighted by Gasteiger charge is 2.25. The fourth-order valence-corrected chi connectivity index (χ4v) is 2.20. The van der Waals surface area contributed by atoms with E-state index in [4.69, 9.17) is 0 Å². The second-order valence-corrected chi connectivity index (χ2v) is 5.48. The van der Waals surface area contributed by atoms with Gasteiger partial charge in [0, 0.05) is 13.1 Å². The number of benzene rings is 1. The highest BCUT2D eigenvalue weighted by molar-refractivity contribution is 5.21. The lowest BCUT2D eigenvalue weighted by Crippen LogP contribution is -2.40. The molecule has 2 heteroatoms. The van der Waals surface area contributed by atoms with Crippen molar-refractivity contribution in [3.8, 4) is 0 Å². The van der Waals surface area contributed by atoms with Crippen LogP contribution in [0.1, 0.15) is 39.7 Å². The Bertz CT molecular complexity index is 334. The first-order valence-corrected chi connectivity index (χ1v) is 6.99. The average Bonchev–Trinajstić information content (AvgIpc) is 2.38. The molecule has 1 aromatic carbocycles. The molecule has 0 spiro atoms. The van der Waals surface area contributed by atoms with E-state index < -0.39 is 5.60 Å². The second kappa shape index (κ2) is 6.91. The maximum Gasteiger partial charge on any atom is 0.0994 e. The first kappa shape index (κ1) is 15.2. The minimum Gasteiger partial charge on any atom is -0.384 e. The average molecular weight is 249 g/mol. The first-order valence-electron chi connectivity index (χ1n) is 6.99. The molecule has 2 atom stereocenters. The van der Waals surface area contributed by atoms with Crippen LogP contribution in [0.2, 0.25) is 0 Å². The van der Waals surface area contributed by atoms with Crippen LogP contribution < -0.4 is 0 Å². The molecule has 0 aliphatic heterocycles. The van der Waals surface area contributed by atoms with Crippen LogP contribution >= 0.6 is 0 Å². The van der Waals surface area contributed by atoms with Gasteiger partial charge >= 0.3 is 0 Å². The number of nitrogens with zero attached hydrogens (tertiary/aromatic N) is 1. The van der Waals surface area contributed by atoms with Crippen molar-refractivity contribution in [2.45, 2.75) is 39.7 Å². The monoisotopic (exact) mass is 249 g/mol. The van der Waals surface area contributed by atoms with Crippen molar-refractivity contribution >= 4 is 0 Å². The molecule has 0 heterocycles. The molecular weight excluding hydrogens is 222 g/mol. The molecule has 18 heavy (non-hydrogen) atoms. The Morgan fingerprint density at radius 2 is 1.83 bits per heavy atom. The van der Waals surface area contributed by atoms with Gasteiger partial charge in [-0.15, -0.1) is 0 Å². The third-order valence-electron chi connectivity index (χ3n) is 3.64. The van der Waals surface area contributed by atoms with E-state index in [1.165, 1.54) is 6.42 Å². The summed E-state index contributed by atoms with van der Waals surface area (Å²) in [6.07, 6.45) is 1.18. The van der Waals surface area contributed by atoms with E-state index in [-0.39, 0.29) is 0 Å². The van der Waals surface area contributed by atoms with Crippen LogP contribution in [0.3, 0.4) is 0 Å². The van der Waals surface area contributed by atoms with Crippen molar-refractivity contribution < 1.29 is 5.11 Å². The Morgan fingerprint density at radius 1 is 1.22 bits per heavy atom. The predicted octanol–water partition coefficient (Wildman–Crippen LogP) is 3.26. The zero-order chi connectivity index (χ0) is 13.6. The van der Waals surface area contributed by atoms with Gasteiger partial charge < -0.3 is 10.0 Å². The van der Waals surface area contributed by atoms with Crippen molar-refractivity contribution in [1.82, 2.24) is 4.90 Å². The topological polar surface area (TPSA) is 23.5 Å². The lowest BCUT2D eigenvalue weighted by atomic mass is 9.95. The summed E-state index contributed by atoms with van der Waals surface area (Å²) < 4.78 is 0. The van der Waals surface area contributed by atoms with Crippen LogP contribution in [0.4, 0.5) is 0 Å². The molecule has 0 radical (unpaired) electrons. The molecule has 0 bridgehead atoms. The van der Waals surface area contributed by atoms with Crippen molar-refractivity contribution in [1.29, 1.82) is 0 Å². The Kier molecular flexibility index (Phi) is 5.83. The molecule has 102 valence electrons. The number of hydrogen-bond acceptors (Lipinski definition) is 2. The predicted molar refractivity (Wildman–Crippen MR) is 77.6 cm³/mol. The molecule has 2 nitrogen and oxygen atoms in total. The number of rotatable bonds is 7. The molecule has 0 aromatic heterocycles. The lowest BCUT2D eigenvalue weighted by Gasteiger charge is -2.32. The summed E-state index contributed by atoms with van der Waals surface area (Å²) in [5, 5.41) is 10.6. The number of likely N-dealkylation sites (N-methyl/N-ethyl adjacent to an activating group) is 1. The van der Waals surface area contributed by atoms with Crippen molar-refractivity contribution in [3.63, 3.8) is 0 Å². The van der Waals surface area contributed by atoms with Gasteiger partial charge in [0.05, 0.1) is 5.60 Å². The largest absolute Gasteiger partial charge is 0.384 e. The molecule has 0 amide bonds. The Morgan fingerprint density at radius 3 is 2.33 bits per heavy atom. The summed E-state index contributed by atoms with van der Waals surface area (Å²) in [5.41, 5.74) is 0.220. The summed E-state index contributed by atoms with van der Waals surface area (Å²) in [5.74, 6) is 0.677. The first-order chi connectivity index (χ1) is 8.49. The summed E-state index contributed by atoms with van der Waals surface area (Å²) in [6.45, 7) is 11.3. The summed E-state index contributed by atoms with van der Waals surface area (Å²) in [4.78, 5) is 2.33. The van der Waals surface area contributed by atoms with E-state index in [1.54, 1.807) is 0 Å². The van der Waals surface area contributed by atoms with E-state index in [2.05, 4.69) is 25.7 Å². The van der Waals surface area contributed by atoms with Gasteiger partial charge in [-0.1, -0.05) is 57.5 Å². The van der Waals surface area contributed by atoms with E-state index in [1.807, 2.05) is 37.3 Å². The smallest absolute Gasteiger partial charge is 0.0994 e. The standard InChI is InChI=1S/C16H27NO/c1-5-14(3)12-17(6-2)13-16(4,18)15-10-8-7-9-11-15/h7-11,14,18H,5-6,12-13H2,1-4H3. The van der Waals surface area contributed by atoms with Crippen molar-refractivity contribution in [3.05, 3.63) is 35.9 Å². The SMILES string of the molecule is CCC(C)CN(CC)CC(C)(O)c1ccccc1. The van der Waals surface area contributed by atoms with Gasteiger partial charge in [0.15, 0.2) is 0 Å². The van der Waals surface area contributed by atoms with Gasteiger partial charge in [-0.05, 0) is 24.9 Å². The van der Waals surface area contributed by atoms with Gasteiger partial charge in [0.1, 0.15) is 0 Å².